The minimum Gasteiger partial charge on any atom is -0.497 e. The molecule has 0 unspecified atom stereocenters. The molecular formula is C30H33NO8. The van der Waals surface area contributed by atoms with E-state index in [0.29, 0.717) is 34.6 Å². The number of dihydropyridines is 1. The molecule has 2 aromatic rings. The lowest BCUT2D eigenvalue weighted by Crippen LogP contribution is -2.36. The number of hydrogen-bond acceptors (Lipinski definition) is 9. The average molecular weight is 536 g/mol. The molecule has 9 nitrogen and oxygen atoms in total. The van der Waals surface area contributed by atoms with Gasteiger partial charge in [-0.15, -0.1) is 0 Å². The van der Waals surface area contributed by atoms with Crippen molar-refractivity contribution in [1.29, 1.82) is 0 Å². The van der Waals surface area contributed by atoms with Crippen LogP contribution in [-0.2, 0) is 23.9 Å². The third-order valence-corrected chi connectivity index (χ3v) is 6.93. The molecule has 1 aliphatic carbocycles. The third kappa shape index (κ3) is 5.98. The van der Waals surface area contributed by atoms with Crippen LogP contribution >= 0.6 is 0 Å². The van der Waals surface area contributed by atoms with Gasteiger partial charge in [0.1, 0.15) is 12.4 Å². The summed E-state index contributed by atoms with van der Waals surface area (Å²) in [5.41, 5.74) is 3.91. The first kappa shape index (κ1) is 27.9. The minimum absolute atomic E-state index is 0.0285. The molecule has 4 rings (SSSR count). The zero-order valence-corrected chi connectivity index (χ0v) is 22.8. The van der Waals surface area contributed by atoms with Crippen molar-refractivity contribution in [3.63, 3.8) is 0 Å². The Hall–Kier alpha value is -4.11. The van der Waals surface area contributed by atoms with Crippen molar-refractivity contribution in [3.05, 3.63) is 76.1 Å². The highest BCUT2D eigenvalue weighted by Crippen LogP contribution is 2.47. The second-order valence-electron chi connectivity index (χ2n) is 9.42. The summed E-state index contributed by atoms with van der Waals surface area (Å²) in [7, 11) is 4.60. The van der Waals surface area contributed by atoms with Crippen LogP contribution in [0.5, 0.6) is 17.2 Å². The van der Waals surface area contributed by atoms with Gasteiger partial charge in [0.15, 0.2) is 17.3 Å². The van der Waals surface area contributed by atoms with Crippen LogP contribution in [0.15, 0.2) is 65.0 Å². The summed E-state index contributed by atoms with van der Waals surface area (Å²) in [5, 5.41) is 3.34. The predicted octanol–water partition coefficient (Wildman–Crippen LogP) is 4.18. The van der Waals surface area contributed by atoms with Crippen LogP contribution in [0.1, 0.15) is 49.7 Å². The van der Waals surface area contributed by atoms with Gasteiger partial charge in [-0.1, -0.05) is 18.2 Å². The summed E-state index contributed by atoms with van der Waals surface area (Å²) >= 11 is 0. The number of nitrogens with one attached hydrogen (secondary N) is 1. The summed E-state index contributed by atoms with van der Waals surface area (Å²) in [6, 6.07) is 12.8. The van der Waals surface area contributed by atoms with Gasteiger partial charge in [-0.2, -0.15) is 0 Å². The number of ether oxygens (including phenoxy) is 5. The van der Waals surface area contributed by atoms with Crippen LogP contribution in [0.3, 0.4) is 0 Å². The van der Waals surface area contributed by atoms with Crippen molar-refractivity contribution in [1.82, 2.24) is 5.32 Å². The second kappa shape index (κ2) is 12.2. The lowest BCUT2D eigenvalue weighted by atomic mass is 9.71. The van der Waals surface area contributed by atoms with Crippen molar-refractivity contribution in [2.45, 2.75) is 38.5 Å². The molecule has 0 radical (unpaired) electrons. The molecule has 0 saturated heterocycles. The highest BCUT2D eigenvalue weighted by atomic mass is 16.6. The van der Waals surface area contributed by atoms with E-state index in [9.17, 15) is 14.4 Å². The quantitative estimate of drug-likeness (QED) is 0.287. The summed E-state index contributed by atoms with van der Waals surface area (Å²) in [6.45, 7) is 3.43. The number of rotatable bonds is 9. The molecule has 1 heterocycles. The van der Waals surface area contributed by atoms with Gasteiger partial charge >= 0.3 is 11.9 Å². The normalized spacial score (nSPS) is 18.7. The number of hydrogen-bond donors (Lipinski definition) is 1. The number of esters is 2. The molecule has 0 fully saturated rings. The first-order valence-corrected chi connectivity index (χ1v) is 12.7. The molecule has 0 spiro atoms. The smallest absolute Gasteiger partial charge is 0.336 e. The van der Waals surface area contributed by atoms with Gasteiger partial charge in [0, 0.05) is 43.3 Å². The maximum Gasteiger partial charge on any atom is 0.336 e. The number of Topliss-reactive ketones (excluding diaryl/α,β-unsaturated/α-hetero) is 1. The van der Waals surface area contributed by atoms with Crippen LogP contribution in [0.25, 0.3) is 0 Å². The second-order valence-corrected chi connectivity index (χ2v) is 9.42. The zero-order valence-electron chi connectivity index (χ0n) is 22.8. The van der Waals surface area contributed by atoms with E-state index in [1.165, 1.54) is 21.1 Å². The Balaban J connectivity index is 1.77. The first-order chi connectivity index (χ1) is 18.8. The molecule has 2 aromatic carbocycles. The number of allylic oxidation sites excluding steroid dienone is 3. The van der Waals surface area contributed by atoms with E-state index in [2.05, 4.69) is 5.32 Å². The standard InChI is InChI=1S/C30H33NO8/c1-17-27(30(34)38-13-12-35-3)28(20-8-11-25(39-18(2)32)26(16-20)37-5)29-23(31-17)14-21(15-24(29)33)19-6-9-22(36-4)10-7-19/h6-11,16,21,28,31H,12-15H2,1-5H3/t21-,28-/m1/s1. The van der Waals surface area contributed by atoms with E-state index in [4.69, 9.17) is 23.7 Å². The zero-order chi connectivity index (χ0) is 28.1. The van der Waals surface area contributed by atoms with E-state index in [1.54, 1.807) is 32.2 Å². The van der Waals surface area contributed by atoms with Crippen LogP contribution in [0.2, 0.25) is 0 Å². The summed E-state index contributed by atoms with van der Waals surface area (Å²) in [5.74, 6) is -0.505. The SMILES string of the molecule is COCCOC(=O)C1=C(C)NC2=C(C(=O)C[C@H](c3ccc(OC)cc3)C2)[C@@H]1c1ccc(OC(C)=O)c(OC)c1. The van der Waals surface area contributed by atoms with Crippen molar-refractivity contribution in [2.75, 3.05) is 34.5 Å². The van der Waals surface area contributed by atoms with Crippen molar-refractivity contribution in [3.8, 4) is 17.2 Å². The lowest BCUT2D eigenvalue weighted by molar-refractivity contribution is -0.140. The summed E-state index contributed by atoms with van der Waals surface area (Å²) in [4.78, 5) is 38.7. The fourth-order valence-corrected chi connectivity index (χ4v) is 5.15. The van der Waals surface area contributed by atoms with E-state index in [1.807, 2.05) is 24.3 Å². The Morgan fingerprint density at radius 1 is 0.923 bits per heavy atom. The van der Waals surface area contributed by atoms with E-state index < -0.39 is 17.9 Å². The molecule has 39 heavy (non-hydrogen) atoms. The van der Waals surface area contributed by atoms with Gasteiger partial charge in [0.25, 0.3) is 0 Å². The van der Waals surface area contributed by atoms with E-state index in [0.717, 1.165) is 17.0 Å². The predicted molar refractivity (Wildman–Crippen MR) is 143 cm³/mol. The van der Waals surface area contributed by atoms with Gasteiger partial charge in [-0.05, 0) is 54.7 Å². The topological polar surface area (TPSA) is 109 Å². The molecule has 1 aliphatic heterocycles. The molecule has 0 amide bonds. The summed E-state index contributed by atoms with van der Waals surface area (Å²) in [6.07, 6.45) is 0.882. The maximum atomic E-state index is 13.8. The van der Waals surface area contributed by atoms with Crippen molar-refractivity contribution in [2.24, 2.45) is 0 Å². The van der Waals surface area contributed by atoms with Crippen molar-refractivity contribution >= 4 is 17.7 Å². The van der Waals surface area contributed by atoms with Crippen LogP contribution in [0.4, 0.5) is 0 Å². The number of carbonyl (C=O) groups excluding carboxylic acids is 3. The van der Waals surface area contributed by atoms with Crippen LogP contribution < -0.4 is 19.5 Å². The van der Waals surface area contributed by atoms with E-state index in [-0.39, 0.29) is 37.1 Å². The number of benzene rings is 2. The summed E-state index contributed by atoms with van der Waals surface area (Å²) < 4.78 is 26.5. The van der Waals surface area contributed by atoms with Gasteiger partial charge in [-0.25, -0.2) is 4.79 Å². The van der Waals surface area contributed by atoms with Crippen LogP contribution in [-0.4, -0.2) is 52.3 Å². The first-order valence-electron chi connectivity index (χ1n) is 12.7. The molecular weight excluding hydrogens is 502 g/mol. The Labute approximate surface area is 227 Å². The van der Waals surface area contributed by atoms with Crippen molar-refractivity contribution < 1.29 is 38.1 Å². The maximum absolute atomic E-state index is 13.8. The fourth-order valence-electron chi connectivity index (χ4n) is 5.15. The molecule has 0 saturated carbocycles. The number of ketones is 1. The third-order valence-electron chi connectivity index (χ3n) is 6.93. The average Bonchev–Trinajstić information content (AvgIpc) is 2.92. The highest BCUT2D eigenvalue weighted by Gasteiger charge is 2.41. The number of methoxy groups -OCH3 is 3. The molecule has 1 N–H and O–H groups in total. The van der Waals surface area contributed by atoms with Gasteiger partial charge in [0.2, 0.25) is 0 Å². The molecule has 2 atom stereocenters. The molecule has 0 aromatic heterocycles. The molecule has 0 bridgehead atoms. The Morgan fingerprint density at radius 3 is 2.28 bits per heavy atom. The lowest BCUT2D eigenvalue weighted by Gasteiger charge is -2.36. The molecule has 9 heteroatoms. The van der Waals surface area contributed by atoms with Crippen LogP contribution in [0, 0.1) is 0 Å². The molecule has 206 valence electrons. The van der Waals surface area contributed by atoms with Gasteiger partial charge in [0.05, 0.1) is 26.4 Å². The van der Waals surface area contributed by atoms with Gasteiger partial charge < -0.3 is 29.0 Å². The number of carbonyl (C=O) groups is 3. The molecule has 2 aliphatic rings. The Kier molecular flexibility index (Phi) is 8.71. The minimum atomic E-state index is -0.694. The largest absolute Gasteiger partial charge is 0.497 e. The monoisotopic (exact) mass is 535 g/mol. The van der Waals surface area contributed by atoms with Gasteiger partial charge in [-0.3, -0.25) is 9.59 Å². The van der Waals surface area contributed by atoms with E-state index >= 15 is 0 Å². The Bertz CT molecular complexity index is 1320. The Morgan fingerprint density at radius 2 is 1.64 bits per heavy atom. The fraction of sp³-hybridized carbons (Fsp3) is 0.367. The highest BCUT2D eigenvalue weighted by molar-refractivity contribution is 6.04.